The van der Waals surface area contributed by atoms with Crippen LogP contribution in [0.4, 0.5) is 0 Å². The SMILES string of the molecule is CNC(O)c1cc(Br)cs1. The van der Waals surface area contributed by atoms with Gasteiger partial charge in [-0.1, -0.05) is 0 Å². The van der Waals surface area contributed by atoms with Gasteiger partial charge in [-0.2, -0.15) is 0 Å². The molecule has 0 spiro atoms. The van der Waals surface area contributed by atoms with Gasteiger partial charge in [0.1, 0.15) is 6.23 Å². The standard InChI is InChI=1S/C6H8BrNOS/c1-8-6(9)5-2-4(7)3-10-5/h2-3,6,8-9H,1H3. The molecule has 0 radical (unpaired) electrons. The molecule has 1 aromatic rings. The molecule has 0 bridgehead atoms. The number of hydrogen-bond acceptors (Lipinski definition) is 3. The van der Waals surface area contributed by atoms with Crippen molar-refractivity contribution >= 4 is 27.3 Å². The van der Waals surface area contributed by atoms with Gasteiger partial charge in [0.05, 0.1) is 0 Å². The highest BCUT2D eigenvalue weighted by Crippen LogP contribution is 2.23. The first-order chi connectivity index (χ1) is 4.74. The minimum atomic E-state index is -0.531. The van der Waals surface area contributed by atoms with Crippen LogP contribution in [-0.2, 0) is 0 Å². The van der Waals surface area contributed by atoms with Crippen LogP contribution in [0.1, 0.15) is 11.1 Å². The molecule has 0 fully saturated rings. The lowest BCUT2D eigenvalue weighted by Gasteiger charge is -2.03. The van der Waals surface area contributed by atoms with Crippen molar-refractivity contribution in [3.05, 3.63) is 20.8 Å². The predicted octanol–water partition coefficient (Wildman–Crippen LogP) is 1.72. The van der Waals surface area contributed by atoms with Crippen molar-refractivity contribution in [2.75, 3.05) is 7.05 Å². The highest BCUT2D eigenvalue weighted by atomic mass is 79.9. The molecule has 1 rings (SSSR count). The molecule has 1 atom stereocenters. The molecule has 0 aromatic carbocycles. The van der Waals surface area contributed by atoms with Gasteiger partial charge in [-0.05, 0) is 29.0 Å². The van der Waals surface area contributed by atoms with Crippen LogP contribution in [0, 0.1) is 0 Å². The predicted molar refractivity (Wildman–Crippen MR) is 46.0 cm³/mol. The van der Waals surface area contributed by atoms with Crippen LogP contribution in [0.25, 0.3) is 0 Å². The van der Waals surface area contributed by atoms with Crippen molar-refractivity contribution in [3.63, 3.8) is 0 Å². The van der Waals surface area contributed by atoms with E-state index in [9.17, 15) is 5.11 Å². The molecule has 0 aliphatic heterocycles. The smallest absolute Gasteiger partial charge is 0.140 e. The summed E-state index contributed by atoms with van der Waals surface area (Å²) in [5, 5.41) is 13.9. The van der Waals surface area contributed by atoms with Gasteiger partial charge in [-0.15, -0.1) is 11.3 Å². The molecular weight excluding hydrogens is 214 g/mol. The maximum atomic E-state index is 9.22. The van der Waals surface area contributed by atoms with Crippen LogP contribution in [0.3, 0.4) is 0 Å². The fourth-order valence-electron chi connectivity index (χ4n) is 0.614. The average molecular weight is 222 g/mol. The molecule has 0 aliphatic rings. The van der Waals surface area contributed by atoms with Crippen molar-refractivity contribution in [2.45, 2.75) is 6.23 Å². The van der Waals surface area contributed by atoms with Crippen LogP contribution in [-0.4, -0.2) is 12.2 Å². The van der Waals surface area contributed by atoms with Crippen molar-refractivity contribution in [3.8, 4) is 0 Å². The lowest BCUT2D eigenvalue weighted by Crippen LogP contribution is -2.13. The van der Waals surface area contributed by atoms with Gasteiger partial charge in [-0.25, -0.2) is 0 Å². The maximum absolute atomic E-state index is 9.22. The first-order valence-corrected chi connectivity index (χ1v) is 4.50. The van der Waals surface area contributed by atoms with E-state index in [4.69, 9.17) is 0 Å². The molecule has 10 heavy (non-hydrogen) atoms. The molecule has 2 N–H and O–H groups in total. The fourth-order valence-corrected chi connectivity index (χ4v) is 2.05. The zero-order valence-corrected chi connectivity index (χ0v) is 7.87. The van der Waals surface area contributed by atoms with Crippen molar-refractivity contribution in [1.82, 2.24) is 5.32 Å². The van der Waals surface area contributed by atoms with Gasteiger partial charge in [0, 0.05) is 14.7 Å². The van der Waals surface area contributed by atoms with Crippen LogP contribution in [0.15, 0.2) is 15.9 Å². The first-order valence-electron chi connectivity index (χ1n) is 2.83. The normalized spacial score (nSPS) is 13.5. The number of halogens is 1. The second kappa shape index (κ2) is 3.48. The monoisotopic (exact) mass is 221 g/mol. The summed E-state index contributed by atoms with van der Waals surface area (Å²) in [4.78, 5) is 0.925. The van der Waals surface area contributed by atoms with E-state index in [1.807, 2.05) is 11.4 Å². The highest BCUT2D eigenvalue weighted by molar-refractivity contribution is 9.10. The number of thiophene rings is 1. The Hall–Kier alpha value is 0.1000. The van der Waals surface area contributed by atoms with E-state index in [1.54, 1.807) is 7.05 Å². The molecule has 0 saturated heterocycles. The lowest BCUT2D eigenvalue weighted by molar-refractivity contribution is 0.153. The van der Waals surface area contributed by atoms with E-state index in [0.29, 0.717) is 0 Å². The molecule has 4 heteroatoms. The van der Waals surface area contributed by atoms with E-state index in [1.165, 1.54) is 11.3 Å². The third-order valence-electron chi connectivity index (χ3n) is 1.13. The molecule has 0 amide bonds. The van der Waals surface area contributed by atoms with E-state index in [-0.39, 0.29) is 0 Å². The van der Waals surface area contributed by atoms with Crippen molar-refractivity contribution < 1.29 is 5.11 Å². The summed E-state index contributed by atoms with van der Waals surface area (Å²) in [7, 11) is 1.72. The quantitative estimate of drug-likeness (QED) is 0.746. The lowest BCUT2D eigenvalue weighted by atomic mass is 10.4. The minimum absolute atomic E-state index is 0.531. The van der Waals surface area contributed by atoms with Gasteiger partial charge in [0.25, 0.3) is 0 Å². The number of rotatable bonds is 2. The Kier molecular flexibility index (Phi) is 2.85. The second-order valence-electron chi connectivity index (χ2n) is 1.86. The topological polar surface area (TPSA) is 32.3 Å². The summed E-state index contributed by atoms with van der Waals surface area (Å²) < 4.78 is 1.02. The molecule has 56 valence electrons. The molecule has 1 unspecified atom stereocenters. The maximum Gasteiger partial charge on any atom is 0.140 e. The molecule has 1 heterocycles. The van der Waals surface area contributed by atoms with Gasteiger partial charge in [-0.3, -0.25) is 5.32 Å². The number of nitrogens with one attached hydrogen (secondary N) is 1. The van der Waals surface area contributed by atoms with Crippen LogP contribution in [0.5, 0.6) is 0 Å². The first kappa shape index (κ1) is 8.20. The Bertz CT molecular complexity index is 213. The third kappa shape index (κ3) is 1.79. The Morgan fingerprint density at radius 3 is 2.90 bits per heavy atom. The number of hydrogen-bond donors (Lipinski definition) is 2. The van der Waals surface area contributed by atoms with Gasteiger partial charge in [0.2, 0.25) is 0 Å². The Balaban J connectivity index is 2.74. The highest BCUT2D eigenvalue weighted by Gasteiger charge is 2.05. The van der Waals surface area contributed by atoms with E-state index in [0.717, 1.165) is 9.35 Å². The Morgan fingerprint density at radius 1 is 1.80 bits per heavy atom. The van der Waals surface area contributed by atoms with E-state index >= 15 is 0 Å². The van der Waals surface area contributed by atoms with Gasteiger partial charge in [0.15, 0.2) is 0 Å². The van der Waals surface area contributed by atoms with Crippen molar-refractivity contribution in [2.24, 2.45) is 0 Å². The van der Waals surface area contributed by atoms with Gasteiger partial charge >= 0.3 is 0 Å². The van der Waals surface area contributed by atoms with Crippen LogP contribution < -0.4 is 5.32 Å². The number of aliphatic hydroxyl groups excluding tert-OH is 1. The van der Waals surface area contributed by atoms with E-state index < -0.39 is 6.23 Å². The van der Waals surface area contributed by atoms with Crippen molar-refractivity contribution in [1.29, 1.82) is 0 Å². The average Bonchev–Trinajstić information content (AvgIpc) is 2.34. The second-order valence-corrected chi connectivity index (χ2v) is 3.72. The minimum Gasteiger partial charge on any atom is -0.373 e. The van der Waals surface area contributed by atoms with E-state index in [2.05, 4.69) is 21.2 Å². The number of aliphatic hydroxyl groups is 1. The zero-order chi connectivity index (χ0) is 7.56. The fraction of sp³-hybridized carbons (Fsp3) is 0.333. The summed E-state index contributed by atoms with van der Waals surface area (Å²) in [5.74, 6) is 0. The third-order valence-corrected chi connectivity index (χ3v) is 2.88. The molecule has 0 saturated carbocycles. The molecule has 0 aliphatic carbocycles. The summed E-state index contributed by atoms with van der Waals surface area (Å²) in [5.41, 5.74) is 0. The van der Waals surface area contributed by atoms with Crippen LogP contribution >= 0.6 is 27.3 Å². The van der Waals surface area contributed by atoms with Crippen LogP contribution in [0.2, 0.25) is 0 Å². The Morgan fingerprint density at radius 2 is 2.50 bits per heavy atom. The van der Waals surface area contributed by atoms with Gasteiger partial charge < -0.3 is 5.11 Å². The zero-order valence-electron chi connectivity index (χ0n) is 5.47. The Labute approximate surface area is 72.0 Å². The summed E-state index contributed by atoms with van der Waals surface area (Å²) in [6, 6.07) is 1.89. The largest absolute Gasteiger partial charge is 0.373 e. The summed E-state index contributed by atoms with van der Waals surface area (Å²) >= 11 is 4.82. The summed E-state index contributed by atoms with van der Waals surface area (Å²) in [6.45, 7) is 0. The molecule has 2 nitrogen and oxygen atoms in total. The molecular formula is C6H8BrNOS. The molecule has 1 aromatic heterocycles. The summed E-state index contributed by atoms with van der Waals surface area (Å²) in [6.07, 6.45) is -0.531.